The Bertz CT molecular complexity index is 2770. The highest BCUT2D eigenvalue weighted by molar-refractivity contribution is 6.08. The summed E-state index contributed by atoms with van der Waals surface area (Å²) in [5.41, 5.74) is 16.4. The fraction of sp³-hybridized carbons (Fsp3) is 0.0566. The van der Waals surface area contributed by atoms with Gasteiger partial charge in [0.1, 0.15) is 0 Å². The highest BCUT2D eigenvalue weighted by atomic mass is 15.1. The summed E-state index contributed by atoms with van der Waals surface area (Å²) in [6.07, 6.45) is 3.26. The molecule has 0 fully saturated rings. The molecule has 1 aliphatic rings. The van der Waals surface area contributed by atoms with Gasteiger partial charge in [-0.15, -0.1) is 0 Å². The monoisotopic (exact) mass is 700 g/mol. The third-order valence-electron chi connectivity index (χ3n) is 11.0. The number of anilines is 3. The number of benzene rings is 6. The molecular weight excluding hydrogens is 665 g/mol. The first-order valence-electron chi connectivity index (χ1n) is 18.9. The second kappa shape index (κ2) is 13.6. The molecule has 8 aromatic carbocycles. The quantitative estimate of drug-likeness (QED) is 0.161. The first-order chi connectivity index (χ1) is 27.2. The molecule has 0 radical (unpaired) electrons. The molecule has 2 heteroatoms. The third-order valence-corrected chi connectivity index (χ3v) is 11.0. The third kappa shape index (κ3) is 5.82. The van der Waals surface area contributed by atoms with Crippen LogP contribution in [-0.2, 0) is 0 Å². The standard InChI is InChI=1S/C53H36N2/c1-37-34-43(35-42-18-8-9-19-47(37)42)50-36-41(39-16-6-3-7-17-39)26-33-53(50)54(44-27-24-40(25-28-44)38-14-4-2-5-15-38)45-29-31-46(32-30-45)55-51-22-12-10-20-48(51)49-21-11-13-23-52(49)55/h2-7,9-10,12-17,19-20,22-33,35-37H,34H2,1H3. The Morgan fingerprint density at radius 3 is 1.95 bits per heavy atom. The summed E-state index contributed by atoms with van der Waals surface area (Å²) in [6.45, 7) is 2.32. The van der Waals surface area contributed by atoms with Gasteiger partial charge in [-0.3, -0.25) is 0 Å². The molecule has 0 bridgehead atoms. The normalized spacial score (nSPS) is 13.5. The van der Waals surface area contributed by atoms with Gasteiger partial charge in [-0.25, -0.2) is 0 Å². The predicted molar refractivity (Wildman–Crippen MR) is 229 cm³/mol. The summed E-state index contributed by atoms with van der Waals surface area (Å²) in [4.78, 5) is 2.42. The van der Waals surface area contributed by atoms with Gasteiger partial charge in [0.15, 0.2) is 0 Å². The molecule has 0 saturated carbocycles. The van der Waals surface area contributed by atoms with Crippen LogP contribution in [0.25, 0.3) is 61.4 Å². The zero-order valence-electron chi connectivity index (χ0n) is 30.5. The highest BCUT2D eigenvalue weighted by Crippen LogP contribution is 2.46. The molecule has 0 N–H and O–H groups in total. The zero-order valence-corrected chi connectivity index (χ0v) is 30.5. The Kier molecular flexibility index (Phi) is 8.02. The summed E-state index contributed by atoms with van der Waals surface area (Å²) in [5.74, 6) is 0.355. The summed E-state index contributed by atoms with van der Waals surface area (Å²) < 4.78 is 2.33. The number of nitrogens with zero attached hydrogens (tertiary/aromatic N) is 2. The van der Waals surface area contributed by atoms with Crippen molar-refractivity contribution in [2.45, 2.75) is 19.3 Å². The second-order valence-corrected chi connectivity index (χ2v) is 14.3. The van der Waals surface area contributed by atoms with Gasteiger partial charge in [0, 0.05) is 33.6 Å². The van der Waals surface area contributed by atoms with Crippen LogP contribution in [0.5, 0.6) is 0 Å². The summed E-state index contributed by atoms with van der Waals surface area (Å²) in [6, 6.07) is 76.2. The SMILES string of the molecule is CC1CC(c2cc(-c3ccccc3)ccc2N(c2ccc(-c3ccccc3)cc2)c2ccc(-n3c4ccc#cc4c4ccccc43)cc2)=Cc2c#cccc21. The van der Waals surface area contributed by atoms with Crippen molar-refractivity contribution >= 4 is 50.5 Å². The van der Waals surface area contributed by atoms with Crippen molar-refractivity contribution in [2.24, 2.45) is 0 Å². The Hall–Kier alpha value is -7.26. The van der Waals surface area contributed by atoms with E-state index in [0.29, 0.717) is 5.92 Å². The molecule has 258 valence electrons. The van der Waals surface area contributed by atoms with Crippen LogP contribution in [0.4, 0.5) is 17.1 Å². The van der Waals surface area contributed by atoms with Gasteiger partial charge < -0.3 is 9.47 Å². The maximum Gasteiger partial charge on any atom is 0.0631 e. The molecule has 1 aromatic heterocycles. The van der Waals surface area contributed by atoms with Crippen molar-refractivity contribution in [1.82, 2.24) is 4.57 Å². The Labute approximate surface area is 322 Å². The van der Waals surface area contributed by atoms with Gasteiger partial charge in [0.2, 0.25) is 0 Å². The van der Waals surface area contributed by atoms with Crippen LogP contribution in [0.2, 0.25) is 0 Å². The lowest BCUT2D eigenvalue weighted by atomic mass is 9.81. The minimum absolute atomic E-state index is 0.355. The van der Waals surface area contributed by atoms with E-state index in [9.17, 15) is 0 Å². The number of para-hydroxylation sites is 1. The molecule has 55 heavy (non-hydrogen) atoms. The molecule has 1 unspecified atom stereocenters. The van der Waals surface area contributed by atoms with Crippen molar-refractivity contribution in [3.05, 3.63) is 217 Å². The minimum atomic E-state index is 0.355. The van der Waals surface area contributed by atoms with Crippen LogP contribution in [0, 0.1) is 24.3 Å². The van der Waals surface area contributed by atoms with E-state index >= 15 is 0 Å². The number of allylic oxidation sites excluding steroid dienone is 1. The lowest BCUT2D eigenvalue weighted by molar-refractivity contribution is 0.783. The fourth-order valence-electron chi connectivity index (χ4n) is 8.29. The van der Waals surface area contributed by atoms with Crippen LogP contribution >= 0.6 is 0 Å². The van der Waals surface area contributed by atoms with E-state index in [0.717, 1.165) is 51.2 Å². The van der Waals surface area contributed by atoms with E-state index < -0.39 is 0 Å². The summed E-state index contributed by atoms with van der Waals surface area (Å²) >= 11 is 0. The largest absolute Gasteiger partial charge is 0.310 e. The molecule has 0 spiro atoms. The first-order valence-corrected chi connectivity index (χ1v) is 18.9. The summed E-state index contributed by atoms with van der Waals surface area (Å²) in [5, 5.41) is 2.25. The van der Waals surface area contributed by atoms with Crippen molar-refractivity contribution in [3.63, 3.8) is 0 Å². The number of hydrogen-bond donors (Lipinski definition) is 0. The van der Waals surface area contributed by atoms with Gasteiger partial charge in [-0.1, -0.05) is 128 Å². The van der Waals surface area contributed by atoms with Crippen LogP contribution in [0.3, 0.4) is 0 Å². The van der Waals surface area contributed by atoms with Gasteiger partial charge in [0.25, 0.3) is 0 Å². The highest BCUT2D eigenvalue weighted by Gasteiger charge is 2.24. The molecule has 2 nitrogen and oxygen atoms in total. The molecule has 10 rings (SSSR count). The van der Waals surface area contributed by atoms with Crippen LogP contribution in [-0.4, -0.2) is 4.57 Å². The average Bonchev–Trinajstić information content (AvgIpc) is 3.59. The molecule has 1 atom stereocenters. The maximum absolute atomic E-state index is 3.42. The Morgan fingerprint density at radius 1 is 0.564 bits per heavy atom. The van der Waals surface area contributed by atoms with Crippen molar-refractivity contribution in [3.8, 4) is 27.9 Å². The van der Waals surface area contributed by atoms with Crippen molar-refractivity contribution < 1.29 is 0 Å². The van der Waals surface area contributed by atoms with Crippen molar-refractivity contribution in [1.29, 1.82) is 0 Å². The van der Waals surface area contributed by atoms with E-state index in [1.54, 1.807) is 0 Å². The predicted octanol–water partition coefficient (Wildman–Crippen LogP) is 13.8. The summed E-state index contributed by atoms with van der Waals surface area (Å²) in [7, 11) is 0. The van der Waals surface area contributed by atoms with Gasteiger partial charge in [0.05, 0.1) is 22.1 Å². The van der Waals surface area contributed by atoms with E-state index in [-0.39, 0.29) is 0 Å². The molecular formula is C53H36N2. The van der Waals surface area contributed by atoms with E-state index in [4.69, 9.17) is 0 Å². The van der Waals surface area contributed by atoms with Crippen LogP contribution < -0.4 is 4.90 Å². The molecule has 0 saturated heterocycles. The Morgan fingerprint density at radius 2 is 1.18 bits per heavy atom. The number of rotatable bonds is 7. The Balaban J connectivity index is 1.16. The topological polar surface area (TPSA) is 8.17 Å². The number of fused-ring (bicyclic) bond motifs is 4. The zero-order chi connectivity index (χ0) is 36.7. The average molecular weight is 701 g/mol. The van der Waals surface area contributed by atoms with Crippen LogP contribution in [0.15, 0.2) is 176 Å². The molecule has 0 aliphatic heterocycles. The second-order valence-electron chi connectivity index (χ2n) is 14.3. The van der Waals surface area contributed by atoms with Crippen LogP contribution in [0.1, 0.15) is 36.0 Å². The van der Waals surface area contributed by atoms with Crippen molar-refractivity contribution in [2.75, 3.05) is 4.90 Å². The molecule has 1 heterocycles. The number of hydrogen-bond acceptors (Lipinski definition) is 1. The smallest absolute Gasteiger partial charge is 0.0631 e. The van der Waals surface area contributed by atoms with E-state index in [1.165, 1.54) is 44.3 Å². The molecule has 9 aromatic rings. The lowest BCUT2D eigenvalue weighted by Crippen LogP contribution is -2.13. The first kappa shape index (κ1) is 32.4. The maximum atomic E-state index is 3.42. The lowest BCUT2D eigenvalue weighted by Gasteiger charge is -2.31. The van der Waals surface area contributed by atoms with E-state index in [1.807, 2.05) is 12.1 Å². The molecule has 0 amide bonds. The fourth-order valence-corrected chi connectivity index (χ4v) is 8.29. The van der Waals surface area contributed by atoms with Gasteiger partial charge in [-0.2, -0.15) is 0 Å². The van der Waals surface area contributed by atoms with Gasteiger partial charge in [-0.05, 0) is 131 Å². The molecule has 1 aliphatic carbocycles. The number of aromatic nitrogens is 1. The minimum Gasteiger partial charge on any atom is -0.310 e. The van der Waals surface area contributed by atoms with Gasteiger partial charge >= 0.3 is 0 Å². The van der Waals surface area contributed by atoms with E-state index in [2.05, 4.69) is 211 Å².